The van der Waals surface area contributed by atoms with Crippen molar-refractivity contribution < 1.29 is 22.3 Å². The van der Waals surface area contributed by atoms with Crippen LogP contribution in [0.3, 0.4) is 0 Å². The summed E-state index contributed by atoms with van der Waals surface area (Å²) in [6, 6.07) is 8.27. The normalized spacial score (nSPS) is 15.1. The fraction of sp³-hybridized carbons (Fsp3) is 0.350. The average molecular weight is 441 g/mol. The number of aryl methyl sites for hydroxylation is 1. The van der Waals surface area contributed by atoms with Gasteiger partial charge in [0.15, 0.2) is 6.61 Å². The minimum atomic E-state index is -3.60. The molecule has 9 heteroatoms. The molecule has 1 N–H and O–H groups in total. The van der Waals surface area contributed by atoms with Crippen molar-refractivity contribution in [2.45, 2.75) is 31.1 Å². The van der Waals surface area contributed by atoms with E-state index in [0.29, 0.717) is 18.8 Å². The van der Waals surface area contributed by atoms with E-state index in [-0.39, 0.29) is 22.3 Å². The Morgan fingerprint density at radius 3 is 2.59 bits per heavy atom. The maximum atomic E-state index is 13.1. The molecule has 29 heavy (non-hydrogen) atoms. The van der Waals surface area contributed by atoms with Crippen LogP contribution in [0.5, 0.6) is 5.75 Å². The highest BCUT2D eigenvalue weighted by Crippen LogP contribution is 2.26. The number of amides is 1. The summed E-state index contributed by atoms with van der Waals surface area (Å²) in [7, 11) is -3.60. The van der Waals surface area contributed by atoms with Gasteiger partial charge >= 0.3 is 0 Å². The number of hydrogen-bond acceptors (Lipinski definition) is 4. The Hall–Kier alpha value is -2.16. The molecule has 0 spiro atoms. The molecule has 3 rings (SSSR count). The molecule has 1 aliphatic heterocycles. The molecule has 6 nitrogen and oxygen atoms in total. The highest BCUT2D eigenvalue weighted by atomic mass is 35.5. The molecule has 1 fully saturated rings. The predicted molar refractivity (Wildman–Crippen MR) is 109 cm³/mol. The summed E-state index contributed by atoms with van der Waals surface area (Å²) in [6.45, 7) is 2.42. The third-order valence-corrected chi connectivity index (χ3v) is 6.88. The van der Waals surface area contributed by atoms with E-state index >= 15 is 0 Å². The zero-order chi connectivity index (χ0) is 21.0. The molecule has 2 aromatic carbocycles. The second-order valence-corrected chi connectivity index (χ2v) is 9.20. The van der Waals surface area contributed by atoms with E-state index in [1.165, 1.54) is 22.5 Å². The zero-order valence-electron chi connectivity index (χ0n) is 16.0. The fourth-order valence-electron chi connectivity index (χ4n) is 3.07. The largest absolute Gasteiger partial charge is 0.482 e. The Morgan fingerprint density at radius 2 is 1.90 bits per heavy atom. The minimum Gasteiger partial charge on any atom is -0.482 e. The molecule has 0 aromatic heterocycles. The molecule has 1 amide bonds. The van der Waals surface area contributed by atoms with E-state index in [2.05, 4.69) is 5.32 Å². The predicted octanol–water partition coefficient (Wildman–Crippen LogP) is 3.98. The van der Waals surface area contributed by atoms with Crippen LogP contribution in [0.4, 0.5) is 10.1 Å². The Kier molecular flexibility index (Phi) is 6.77. The van der Waals surface area contributed by atoms with Crippen LogP contribution in [0.1, 0.15) is 24.8 Å². The number of ether oxygens (including phenoxy) is 1. The molecule has 1 aliphatic rings. The summed E-state index contributed by atoms with van der Waals surface area (Å²) in [5.74, 6) is -0.809. The van der Waals surface area contributed by atoms with Crippen LogP contribution >= 0.6 is 11.6 Å². The molecule has 0 bridgehead atoms. The van der Waals surface area contributed by atoms with Crippen molar-refractivity contribution in [2.75, 3.05) is 25.0 Å². The number of nitrogens with zero attached hydrogens (tertiary/aromatic N) is 1. The third kappa shape index (κ3) is 5.26. The van der Waals surface area contributed by atoms with E-state index < -0.39 is 21.7 Å². The van der Waals surface area contributed by atoms with Gasteiger partial charge in [-0.15, -0.1) is 0 Å². The maximum Gasteiger partial charge on any atom is 0.262 e. The fourth-order valence-corrected chi connectivity index (χ4v) is 4.84. The van der Waals surface area contributed by atoms with E-state index in [1.54, 1.807) is 19.1 Å². The molecule has 0 radical (unpaired) electrons. The highest BCUT2D eigenvalue weighted by molar-refractivity contribution is 7.89. The Bertz CT molecular complexity index is 1010. The number of anilines is 1. The lowest BCUT2D eigenvalue weighted by atomic mass is 10.2. The van der Waals surface area contributed by atoms with Gasteiger partial charge in [0.1, 0.15) is 11.6 Å². The quantitative estimate of drug-likeness (QED) is 0.737. The van der Waals surface area contributed by atoms with Gasteiger partial charge in [-0.2, -0.15) is 4.31 Å². The van der Waals surface area contributed by atoms with Crippen LogP contribution in [0, 0.1) is 12.7 Å². The lowest BCUT2D eigenvalue weighted by molar-refractivity contribution is -0.118. The second-order valence-electron chi connectivity index (χ2n) is 6.85. The molecule has 0 unspecified atom stereocenters. The summed E-state index contributed by atoms with van der Waals surface area (Å²) in [5, 5.41) is 2.72. The number of piperidine rings is 1. The average Bonchev–Trinajstić information content (AvgIpc) is 2.69. The summed E-state index contributed by atoms with van der Waals surface area (Å²) in [4.78, 5) is 12.4. The minimum absolute atomic E-state index is 0.0589. The van der Waals surface area contributed by atoms with Gasteiger partial charge in [0, 0.05) is 18.8 Å². The van der Waals surface area contributed by atoms with E-state index in [4.69, 9.17) is 16.3 Å². The summed E-state index contributed by atoms with van der Waals surface area (Å²) in [6.07, 6.45) is 2.72. The monoisotopic (exact) mass is 440 g/mol. The standard InChI is InChI=1S/C20H22ClFN2O4S/c1-14-5-7-16(29(26,27)24-9-3-2-4-10-24)12-18(14)23-20(25)13-28-19-8-6-15(22)11-17(19)21/h5-8,11-12H,2-4,9-10,13H2,1H3,(H,23,25). The van der Waals surface area contributed by atoms with Crippen LogP contribution in [0.2, 0.25) is 5.02 Å². The number of carbonyl (C=O) groups excluding carboxylic acids is 1. The maximum absolute atomic E-state index is 13.1. The number of halogens is 2. The number of benzene rings is 2. The lowest BCUT2D eigenvalue weighted by Crippen LogP contribution is -2.35. The van der Waals surface area contributed by atoms with E-state index in [0.717, 1.165) is 30.9 Å². The van der Waals surface area contributed by atoms with Gasteiger partial charge in [-0.25, -0.2) is 12.8 Å². The van der Waals surface area contributed by atoms with E-state index in [9.17, 15) is 17.6 Å². The molecular formula is C20H22ClFN2O4S. The van der Waals surface area contributed by atoms with Crippen LogP contribution in [0.25, 0.3) is 0 Å². The molecule has 1 heterocycles. The summed E-state index contributed by atoms with van der Waals surface area (Å²) < 4.78 is 45.6. The van der Waals surface area contributed by atoms with Crippen molar-refractivity contribution in [3.63, 3.8) is 0 Å². The van der Waals surface area contributed by atoms with Crippen LogP contribution in [0.15, 0.2) is 41.3 Å². The van der Waals surface area contributed by atoms with Crippen LogP contribution in [-0.2, 0) is 14.8 Å². The first kappa shape index (κ1) is 21.5. The Labute approximate surface area is 174 Å². The lowest BCUT2D eigenvalue weighted by Gasteiger charge is -2.26. The van der Waals surface area contributed by atoms with Gasteiger partial charge in [0.2, 0.25) is 10.0 Å². The Morgan fingerprint density at radius 1 is 1.17 bits per heavy atom. The first-order chi connectivity index (χ1) is 13.8. The van der Waals surface area contributed by atoms with Gasteiger partial charge in [-0.3, -0.25) is 4.79 Å². The first-order valence-electron chi connectivity index (χ1n) is 9.26. The molecule has 0 saturated carbocycles. The van der Waals surface area contributed by atoms with Crippen molar-refractivity contribution in [2.24, 2.45) is 0 Å². The number of hydrogen-bond donors (Lipinski definition) is 1. The highest BCUT2D eigenvalue weighted by Gasteiger charge is 2.26. The molecule has 0 atom stereocenters. The third-order valence-electron chi connectivity index (χ3n) is 4.69. The molecular weight excluding hydrogens is 419 g/mol. The SMILES string of the molecule is Cc1ccc(S(=O)(=O)N2CCCCC2)cc1NC(=O)COc1ccc(F)cc1Cl. The number of rotatable bonds is 6. The smallest absolute Gasteiger partial charge is 0.262 e. The van der Waals surface area contributed by atoms with Gasteiger partial charge in [-0.1, -0.05) is 24.1 Å². The molecule has 156 valence electrons. The van der Waals surface area contributed by atoms with Crippen LogP contribution in [-0.4, -0.2) is 38.3 Å². The zero-order valence-corrected chi connectivity index (χ0v) is 17.5. The van der Waals surface area contributed by atoms with Gasteiger partial charge in [0.25, 0.3) is 5.91 Å². The van der Waals surface area contributed by atoms with Gasteiger partial charge < -0.3 is 10.1 Å². The number of nitrogens with one attached hydrogen (secondary N) is 1. The summed E-state index contributed by atoms with van der Waals surface area (Å²) in [5.41, 5.74) is 1.11. The Balaban J connectivity index is 1.70. The van der Waals surface area contributed by atoms with Crippen LogP contribution < -0.4 is 10.1 Å². The molecule has 2 aromatic rings. The number of sulfonamides is 1. The van der Waals surface area contributed by atoms with Crippen molar-refractivity contribution in [1.29, 1.82) is 0 Å². The topological polar surface area (TPSA) is 75.7 Å². The molecule has 0 aliphatic carbocycles. The number of carbonyl (C=O) groups is 1. The molecule has 1 saturated heterocycles. The first-order valence-corrected chi connectivity index (χ1v) is 11.1. The summed E-state index contributed by atoms with van der Waals surface area (Å²) >= 11 is 5.88. The van der Waals surface area contributed by atoms with Crippen molar-refractivity contribution >= 4 is 33.2 Å². The second kappa shape index (κ2) is 9.11. The van der Waals surface area contributed by atoms with Crippen molar-refractivity contribution in [3.05, 3.63) is 52.8 Å². The van der Waals surface area contributed by atoms with Gasteiger partial charge in [0.05, 0.1) is 9.92 Å². The van der Waals surface area contributed by atoms with Crippen molar-refractivity contribution in [1.82, 2.24) is 4.31 Å². The van der Waals surface area contributed by atoms with Crippen molar-refractivity contribution in [3.8, 4) is 5.75 Å². The van der Waals surface area contributed by atoms with Gasteiger partial charge in [-0.05, 0) is 55.7 Å². The van der Waals surface area contributed by atoms with E-state index in [1.807, 2.05) is 0 Å².